The van der Waals surface area contributed by atoms with Crippen molar-refractivity contribution in [3.63, 3.8) is 0 Å². The number of nitrogens with zero attached hydrogens (tertiary/aromatic N) is 3. The van der Waals surface area contributed by atoms with E-state index in [1.165, 1.54) is 0 Å². The van der Waals surface area contributed by atoms with E-state index in [1.54, 1.807) is 4.68 Å². The molecule has 0 saturated carbocycles. The molecule has 0 aliphatic heterocycles. The molecule has 0 unspecified atom stereocenters. The highest BCUT2D eigenvalue weighted by Crippen LogP contribution is 2.22. The molecule has 2 heterocycles. The Balaban J connectivity index is 1.66. The van der Waals surface area contributed by atoms with Crippen LogP contribution < -0.4 is 0 Å². The van der Waals surface area contributed by atoms with Crippen molar-refractivity contribution >= 4 is 30.0 Å². The van der Waals surface area contributed by atoms with Crippen molar-refractivity contribution in [2.75, 3.05) is 0 Å². The topological polar surface area (TPSA) is 38.0 Å². The van der Waals surface area contributed by atoms with Crippen LogP contribution in [-0.2, 0) is 0 Å². The molecular formula is C22H19ClN4S. The van der Waals surface area contributed by atoms with Crippen LogP contribution >= 0.6 is 23.8 Å². The summed E-state index contributed by atoms with van der Waals surface area (Å²) in [6, 6.07) is 20.0. The number of H-pyrrole nitrogens is 1. The number of aryl methyl sites for hydroxylation is 1. The van der Waals surface area contributed by atoms with Gasteiger partial charge < -0.3 is 9.55 Å². The smallest absolute Gasteiger partial charge is 0.198 e. The minimum Gasteiger partial charge on any atom is -0.329 e. The SMILES string of the molecule is Cc1cc(/C=N/n2cc(-c3ccccc3)[nH]c2=S)c(C)n1-c1ccc(Cl)cc1. The summed E-state index contributed by atoms with van der Waals surface area (Å²) >= 11 is 11.4. The van der Waals surface area contributed by atoms with Crippen molar-refractivity contribution in [1.29, 1.82) is 0 Å². The van der Waals surface area contributed by atoms with Crippen molar-refractivity contribution in [3.8, 4) is 16.9 Å². The lowest BCUT2D eigenvalue weighted by Gasteiger charge is -2.09. The van der Waals surface area contributed by atoms with E-state index in [4.69, 9.17) is 23.8 Å². The quantitative estimate of drug-likeness (QED) is 0.320. The molecule has 6 heteroatoms. The molecule has 0 saturated heterocycles. The molecule has 0 radical (unpaired) electrons. The maximum Gasteiger partial charge on any atom is 0.198 e. The van der Waals surface area contributed by atoms with Crippen LogP contribution in [0.2, 0.25) is 5.02 Å². The first-order valence-electron chi connectivity index (χ1n) is 8.89. The van der Waals surface area contributed by atoms with E-state index in [0.29, 0.717) is 4.77 Å². The van der Waals surface area contributed by atoms with Crippen LogP contribution in [0.15, 0.2) is 72.0 Å². The summed E-state index contributed by atoms with van der Waals surface area (Å²) in [7, 11) is 0. The van der Waals surface area contributed by atoms with Gasteiger partial charge in [-0.3, -0.25) is 0 Å². The molecule has 0 bridgehead atoms. The predicted octanol–water partition coefficient (Wildman–Crippen LogP) is 6.16. The number of imidazole rings is 1. The van der Waals surface area contributed by atoms with Gasteiger partial charge in [-0.15, -0.1) is 0 Å². The molecular weight excluding hydrogens is 388 g/mol. The average molecular weight is 407 g/mol. The Labute approximate surface area is 173 Å². The highest BCUT2D eigenvalue weighted by Gasteiger charge is 2.10. The van der Waals surface area contributed by atoms with E-state index >= 15 is 0 Å². The van der Waals surface area contributed by atoms with Crippen LogP contribution in [0, 0.1) is 18.6 Å². The van der Waals surface area contributed by atoms with Crippen LogP contribution in [0.25, 0.3) is 16.9 Å². The van der Waals surface area contributed by atoms with Gasteiger partial charge in [0.25, 0.3) is 0 Å². The van der Waals surface area contributed by atoms with Crippen molar-refractivity contribution < 1.29 is 0 Å². The Hall–Kier alpha value is -2.89. The molecule has 28 heavy (non-hydrogen) atoms. The fourth-order valence-electron chi connectivity index (χ4n) is 3.27. The second kappa shape index (κ2) is 7.62. The van der Waals surface area contributed by atoms with Gasteiger partial charge in [0, 0.05) is 27.7 Å². The molecule has 2 aromatic carbocycles. The standard InChI is InChI=1S/C22H19ClN4S/c1-15-12-18(16(2)27(15)20-10-8-19(23)9-11-20)13-24-26-14-21(25-22(26)28)17-6-4-3-5-7-17/h3-14H,1-2H3,(H,25,28)/b24-13+. The van der Waals surface area contributed by atoms with Gasteiger partial charge in [0.05, 0.1) is 18.1 Å². The van der Waals surface area contributed by atoms with Crippen LogP contribution in [0.3, 0.4) is 0 Å². The van der Waals surface area contributed by atoms with Gasteiger partial charge in [-0.2, -0.15) is 5.10 Å². The number of hydrogen-bond donors (Lipinski definition) is 1. The van der Waals surface area contributed by atoms with Crippen LogP contribution in [-0.4, -0.2) is 20.4 Å². The third kappa shape index (κ3) is 3.59. The van der Waals surface area contributed by atoms with E-state index in [0.717, 1.165) is 38.9 Å². The van der Waals surface area contributed by atoms with Gasteiger partial charge in [-0.1, -0.05) is 41.9 Å². The summed E-state index contributed by atoms with van der Waals surface area (Å²) in [5.74, 6) is 0. The molecule has 1 N–H and O–H groups in total. The summed E-state index contributed by atoms with van der Waals surface area (Å²) in [4.78, 5) is 3.21. The number of hydrogen-bond acceptors (Lipinski definition) is 2. The molecule has 0 fully saturated rings. The lowest BCUT2D eigenvalue weighted by Crippen LogP contribution is -1.99. The Kier molecular flexibility index (Phi) is 5.03. The van der Waals surface area contributed by atoms with E-state index in [2.05, 4.69) is 34.6 Å². The Morgan fingerprint density at radius 1 is 1.04 bits per heavy atom. The van der Waals surface area contributed by atoms with Gasteiger partial charge in [0.15, 0.2) is 4.77 Å². The summed E-state index contributed by atoms with van der Waals surface area (Å²) < 4.78 is 4.43. The van der Waals surface area contributed by atoms with E-state index in [9.17, 15) is 0 Å². The van der Waals surface area contributed by atoms with Gasteiger partial charge in [0.1, 0.15) is 0 Å². The second-order valence-corrected chi connectivity index (χ2v) is 7.39. The predicted molar refractivity (Wildman–Crippen MR) is 118 cm³/mol. The third-order valence-electron chi connectivity index (χ3n) is 4.66. The first-order valence-corrected chi connectivity index (χ1v) is 9.68. The normalized spacial score (nSPS) is 11.4. The third-order valence-corrected chi connectivity index (χ3v) is 5.20. The molecule has 4 nitrogen and oxygen atoms in total. The van der Waals surface area contributed by atoms with Crippen molar-refractivity contribution in [2.24, 2.45) is 5.10 Å². The Morgan fingerprint density at radius 3 is 2.46 bits per heavy atom. The zero-order valence-electron chi connectivity index (χ0n) is 15.6. The summed E-state index contributed by atoms with van der Waals surface area (Å²) in [5.41, 5.74) is 6.36. The van der Waals surface area contributed by atoms with Crippen molar-refractivity contribution in [1.82, 2.24) is 14.2 Å². The maximum atomic E-state index is 6.02. The van der Waals surface area contributed by atoms with Gasteiger partial charge in [0.2, 0.25) is 0 Å². The second-order valence-electron chi connectivity index (χ2n) is 6.57. The fourth-order valence-corrected chi connectivity index (χ4v) is 3.60. The lowest BCUT2D eigenvalue weighted by molar-refractivity contribution is 0.864. The maximum absolute atomic E-state index is 6.02. The number of nitrogens with one attached hydrogen (secondary N) is 1. The molecule has 4 aromatic rings. The molecule has 4 rings (SSSR count). The van der Waals surface area contributed by atoms with Crippen LogP contribution in [0.5, 0.6) is 0 Å². The largest absolute Gasteiger partial charge is 0.329 e. The number of rotatable bonds is 4. The number of benzene rings is 2. The van der Waals surface area contributed by atoms with Gasteiger partial charge >= 0.3 is 0 Å². The molecule has 140 valence electrons. The molecule has 0 spiro atoms. The molecule has 0 atom stereocenters. The number of aromatic amines is 1. The van der Waals surface area contributed by atoms with Gasteiger partial charge in [-0.05, 0) is 62.0 Å². The van der Waals surface area contributed by atoms with E-state index in [1.807, 2.05) is 67.0 Å². The van der Waals surface area contributed by atoms with E-state index in [-0.39, 0.29) is 0 Å². The summed E-state index contributed by atoms with van der Waals surface area (Å²) in [6.07, 6.45) is 3.75. The minimum atomic E-state index is 0.557. The Morgan fingerprint density at radius 2 is 1.75 bits per heavy atom. The molecule has 0 aliphatic carbocycles. The molecule has 0 aliphatic rings. The molecule has 2 aromatic heterocycles. The summed E-state index contributed by atoms with van der Waals surface area (Å²) in [5, 5.41) is 5.29. The first-order chi connectivity index (χ1) is 13.5. The summed E-state index contributed by atoms with van der Waals surface area (Å²) in [6.45, 7) is 4.16. The van der Waals surface area contributed by atoms with Crippen LogP contribution in [0.4, 0.5) is 0 Å². The Bertz CT molecular complexity index is 1200. The monoisotopic (exact) mass is 406 g/mol. The fraction of sp³-hybridized carbons (Fsp3) is 0.0909. The highest BCUT2D eigenvalue weighted by molar-refractivity contribution is 7.71. The minimum absolute atomic E-state index is 0.557. The molecule has 0 amide bonds. The number of aromatic nitrogens is 3. The first kappa shape index (κ1) is 18.5. The highest BCUT2D eigenvalue weighted by atomic mass is 35.5. The van der Waals surface area contributed by atoms with Crippen molar-refractivity contribution in [3.05, 3.63) is 93.6 Å². The van der Waals surface area contributed by atoms with Crippen LogP contribution in [0.1, 0.15) is 17.0 Å². The lowest BCUT2D eigenvalue weighted by atomic mass is 10.2. The van der Waals surface area contributed by atoms with E-state index < -0.39 is 0 Å². The van der Waals surface area contributed by atoms with Gasteiger partial charge in [-0.25, -0.2) is 4.68 Å². The average Bonchev–Trinajstić information content (AvgIpc) is 3.21. The van der Waals surface area contributed by atoms with Crippen molar-refractivity contribution in [2.45, 2.75) is 13.8 Å². The zero-order chi connectivity index (χ0) is 19.7. The zero-order valence-corrected chi connectivity index (χ0v) is 17.1. The number of halogens is 1.